The normalized spacial score (nSPS) is 19.4. The van der Waals surface area contributed by atoms with Crippen molar-refractivity contribution >= 4 is 0 Å². The van der Waals surface area contributed by atoms with E-state index in [-0.39, 0.29) is 5.41 Å². The SMILES string of the molecule is CC(C)CNCC(C)(CN1CCCC1)c1ccccc1. The molecule has 1 saturated heterocycles. The van der Waals surface area contributed by atoms with E-state index in [1.165, 1.54) is 38.0 Å². The standard InChI is InChI=1S/C18H30N2/c1-16(2)13-19-14-18(3,15-20-11-7-8-12-20)17-9-5-4-6-10-17/h4-6,9-10,16,19H,7-8,11-15H2,1-3H3. The van der Waals surface area contributed by atoms with Crippen molar-refractivity contribution < 1.29 is 0 Å². The molecule has 0 spiro atoms. The van der Waals surface area contributed by atoms with Crippen LogP contribution in [0.3, 0.4) is 0 Å². The van der Waals surface area contributed by atoms with Gasteiger partial charge >= 0.3 is 0 Å². The monoisotopic (exact) mass is 274 g/mol. The first-order chi connectivity index (χ1) is 9.60. The van der Waals surface area contributed by atoms with Crippen LogP contribution in [0, 0.1) is 5.92 Å². The summed E-state index contributed by atoms with van der Waals surface area (Å²) < 4.78 is 0. The fourth-order valence-electron chi connectivity index (χ4n) is 3.16. The number of hydrogen-bond donors (Lipinski definition) is 1. The smallest absolute Gasteiger partial charge is 0.0177 e. The highest BCUT2D eigenvalue weighted by atomic mass is 15.1. The summed E-state index contributed by atoms with van der Waals surface area (Å²) in [6.07, 6.45) is 2.73. The van der Waals surface area contributed by atoms with Crippen LogP contribution in [0.25, 0.3) is 0 Å². The van der Waals surface area contributed by atoms with Crippen molar-refractivity contribution in [3.05, 3.63) is 35.9 Å². The molecule has 1 unspecified atom stereocenters. The first-order valence-corrected chi connectivity index (χ1v) is 8.09. The van der Waals surface area contributed by atoms with Gasteiger partial charge in [-0.15, -0.1) is 0 Å². The Labute approximate surface area is 124 Å². The molecule has 2 rings (SSSR count). The molecule has 0 saturated carbocycles. The average molecular weight is 274 g/mol. The van der Waals surface area contributed by atoms with Gasteiger partial charge in [-0.25, -0.2) is 0 Å². The quantitative estimate of drug-likeness (QED) is 0.821. The van der Waals surface area contributed by atoms with Gasteiger partial charge in [0.1, 0.15) is 0 Å². The lowest BCUT2D eigenvalue weighted by Gasteiger charge is -2.35. The van der Waals surface area contributed by atoms with Crippen LogP contribution in [0.2, 0.25) is 0 Å². The van der Waals surface area contributed by atoms with Crippen LogP contribution >= 0.6 is 0 Å². The number of nitrogens with one attached hydrogen (secondary N) is 1. The Bertz CT molecular complexity index is 382. The molecule has 1 aromatic carbocycles. The fourth-order valence-corrected chi connectivity index (χ4v) is 3.16. The fraction of sp³-hybridized carbons (Fsp3) is 0.667. The molecular formula is C18H30N2. The number of nitrogens with zero attached hydrogens (tertiary/aromatic N) is 1. The molecule has 112 valence electrons. The van der Waals surface area contributed by atoms with E-state index in [9.17, 15) is 0 Å². The van der Waals surface area contributed by atoms with E-state index in [4.69, 9.17) is 0 Å². The Hall–Kier alpha value is -0.860. The Balaban J connectivity index is 2.05. The van der Waals surface area contributed by atoms with Crippen LogP contribution in [0.15, 0.2) is 30.3 Å². The van der Waals surface area contributed by atoms with Gasteiger partial charge in [0.25, 0.3) is 0 Å². The second kappa shape index (κ2) is 7.24. The Morgan fingerprint density at radius 1 is 1.15 bits per heavy atom. The molecule has 20 heavy (non-hydrogen) atoms. The van der Waals surface area contributed by atoms with Gasteiger partial charge in [0.05, 0.1) is 0 Å². The summed E-state index contributed by atoms with van der Waals surface area (Å²) in [5.41, 5.74) is 1.67. The topological polar surface area (TPSA) is 15.3 Å². The highest BCUT2D eigenvalue weighted by molar-refractivity contribution is 5.25. The van der Waals surface area contributed by atoms with Gasteiger partial charge in [0.2, 0.25) is 0 Å². The third kappa shape index (κ3) is 4.32. The molecule has 1 N–H and O–H groups in total. The summed E-state index contributed by atoms with van der Waals surface area (Å²) >= 11 is 0. The summed E-state index contributed by atoms with van der Waals surface area (Å²) in [7, 11) is 0. The summed E-state index contributed by atoms with van der Waals surface area (Å²) in [5.74, 6) is 0.710. The zero-order valence-corrected chi connectivity index (χ0v) is 13.4. The minimum Gasteiger partial charge on any atom is -0.316 e. The maximum atomic E-state index is 3.67. The van der Waals surface area contributed by atoms with Crippen LogP contribution in [0.1, 0.15) is 39.2 Å². The maximum Gasteiger partial charge on any atom is 0.0177 e. The molecule has 0 aliphatic carbocycles. The zero-order valence-electron chi connectivity index (χ0n) is 13.4. The molecule has 1 atom stereocenters. The van der Waals surface area contributed by atoms with Crippen LogP contribution in [-0.2, 0) is 5.41 Å². The lowest BCUT2D eigenvalue weighted by Crippen LogP contribution is -2.45. The predicted molar refractivity (Wildman–Crippen MR) is 87.2 cm³/mol. The summed E-state index contributed by atoms with van der Waals surface area (Å²) in [6, 6.07) is 11.0. The Kier molecular flexibility index (Phi) is 5.62. The van der Waals surface area contributed by atoms with Gasteiger partial charge in [0.15, 0.2) is 0 Å². The van der Waals surface area contributed by atoms with Crippen molar-refractivity contribution in [1.82, 2.24) is 10.2 Å². The van der Waals surface area contributed by atoms with Crippen LogP contribution in [0.5, 0.6) is 0 Å². The Morgan fingerprint density at radius 2 is 1.80 bits per heavy atom. The first kappa shape index (κ1) is 15.5. The second-order valence-electron chi connectivity index (χ2n) is 6.93. The minimum absolute atomic E-state index is 0.209. The second-order valence-corrected chi connectivity index (χ2v) is 6.93. The predicted octanol–water partition coefficient (Wildman–Crippen LogP) is 3.29. The summed E-state index contributed by atoms with van der Waals surface area (Å²) in [5, 5.41) is 3.67. The number of hydrogen-bond acceptors (Lipinski definition) is 2. The highest BCUT2D eigenvalue weighted by Crippen LogP contribution is 2.26. The van der Waals surface area contributed by atoms with E-state index in [2.05, 4.69) is 61.3 Å². The molecule has 1 heterocycles. The van der Waals surface area contributed by atoms with Gasteiger partial charge in [-0.2, -0.15) is 0 Å². The molecule has 1 aromatic rings. The van der Waals surface area contributed by atoms with Crippen molar-refractivity contribution in [3.63, 3.8) is 0 Å². The third-order valence-electron chi connectivity index (χ3n) is 4.31. The van der Waals surface area contributed by atoms with E-state index in [1.54, 1.807) is 0 Å². The molecule has 2 nitrogen and oxygen atoms in total. The molecular weight excluding hydrogens is 244 g/mol. The van der Waals surface area contributed by atoms with E-state index in [0.717, 1.165) is 13.1 Å². The number of likely N-dealkylation sites (tertiary alicyclic amines) is 1. The molecule has 0 radical (unpaired) electrons. The van der Waals surface area contributed by atoms with Crippen molar-refractivity contribution in [3.8, 4) is 0 Å². The van der Waals surface area contributed by atoms with Crippen molar-refractivity contribution in [2.45, 2.75) is 39.0 Å². The van der Waals surface area contributed by atoms with Crippen molar-refractivity contribution in [2.24, 2.45) is 5.92 Å². The molecule has 1 aliphatic heterocycles. The van der Waals surface area contributed by atoms with E-state index >= 15 is 0 Å². The zero-order chi connectivity index (χ0) is 14.4. The Morgan fingerprint density at radius 3 is 2.40 bits per heavy atom. The molecule has 2 heteroatoms. The minimum atomic E-state index is 0.209. The molecule has 1 aliphatic rings. The van der Waals surface area contributed by atoms with Gasteiger partial charge in [-0.1, -0.05) is 51.1 Å². The van der Waals surface area contributed by atoms with E-state index < -0.39 is 0 Å². The van der Waals surface area contributed by atoms with Gasteiger partial charge in [-0.3, -0.25) is 0 Å². The van der Waals surface area contributed by atoms with Crippen molar-refractivity contribution in [1.29, 1.82) is 0 Å². The van der Waals surface area contributed by atoms with Crippen LogP contribution < -0.4 is 5.32 Å². The lowest BCUT2D eigenvalue weighted by molar-refractivity contribution is 0.248. The largest absolute Gasteiger partial charge is 0.316 e. The maximum absolute atomic E-state index is 3.67. The number of rotatable bonds is 7. The molecule has 0 amide bonds. The highest BCUT2D eigenvalue weighted by Gasteiger charge is 2.29. The summed E-state index contributed by atoms with van der Waals surface area (Å²) in [6.45, 7) is 12.8. The third-order valence-corrected chi connectivity index (χ3v) is 4.31. The van der Waals surface area contributed by atoms with Gasteiger partial charge < -0.3 is 10.2 Å². The molecule has 0 bridgehead atoms. The van der Waals surface area contributed by atoms with Gasteiger partial charge in [-0.05, 0) is 44.0 Å². The van der Waals surface area contributed by atoms with E-state index in [0.29, 0.717) is 5.92 Å². The lowest BCUT2D eigenvalue weighted by atomic mass is 9.81. The van der Waals surface area contributed by atoms with Crippen LogP contribution in [-0.4, -0.2) is 37.6 Å². The van der Waals surface area contributed by atoms with Crippen LogP contribution in [0.4, 0.5) is 0 Å². The number of benzene rings is 1. The summed E-state index contributed by atoms with van der Waals surface area (Å²) in [4.78, 5) is 2.63. The van der Waals surface area contributed by atoms with Gasteiger partial charge in [0, 0.05) is 18.5 Å². The average Bonchev–Trinajstić information content (AvgIpc) is 2.92. The van der Waals surface area contributed by atoms with Crippen molar-refractivity contribution in [2.75, 3.05) is 32.7 Å². The van der Waals surface area contributed by atoms with E-state index in [1.807, 2.05) is 0 Å². The molecule has 0 aromatic heterocycles. The first-order valence-electron chi connectivity index (χ1n) is 8.09. The molecule has 1 fully saturated rings.